The molecule has 0 saturated carbocycles. The third-order valence-electron chi connectivity index (χ3n) is 2.97. The first kappa shape index (κ1) is 13.2. The van der Waals surface area contributed by atoms with Crippen molar-refractivity contribution < 1.29 is 0 Å². The number of likely N-dealkylation sites (N-methyl/N-ethyl adjacent to an activating group) is 1. The zero-order valence-electron chi connectivity index (χ0n) is 10.7. The molecule has 0 aliphatic heterocycles. The molecule has 1 unspecified atom stereocenters. The van der Waals surface area contributed by atoms with Crippen LogP contribution in [-0.4, -0.2) is 27.3 Å². The van der Waals surface area contributed by atoms with Crippen LogP contribution < -0.4 is 5.32 Å². The van der Waals surface area contributed by atoms with Crippen LogP contribution in [0.4, 0.5) is 0 Å². The Balaban J connectivity index is 2.25. The Kier molecular flexibility index (Phi) is 4.08. The summed E-state index contributed by atoms with van der Waals surface area (Å²) in [6.07, 6.45) is 0.724. The fourth-order valence-electron chi connectivity index (χ4n) is 1.96. The predicted octanol–water partition coefficient (Wildman–Crippen LogP) is 1.78. The van der Waals surface area contributed by atoms with E-state index in [0.29, 0.717) is 0 Å². The number of aryl methyl sites for hydroxylation is 1. The molecule has 0 amide bonds. The number of nitrogens with one attached hydrogen (secondary N) is 1. The van der Waals surface area contributed by atoms with Gasteiger partial charge in [0.2, 0.25) is 0 Å². The SMILES string of the molecule is CNC(Cc1nnn(C)n1)c1cccc(Br)c1C. The molecule has 1 atom stereocenters. The summed E-state index contributed by atoms with van der Waals surface area (Å²) in [7, 11) is 3.72. The fourth-order valence-corrected chi connectivity index (χ4v) is 2.34. The minimum Gasteiger partial charge on any atom is -0.313 e. The van der Waals surface area contributed by atoms with Gasteiger partial charge in [-0.1, -0.05) is 28.1 Å². The molecule has 0 saturated heterocycles. The summed E-state index contributed by atoms with van der Waals surface area (Å²) in [5.41, 5.74) is 2.49. The minimum absolute atomic E-state index is 0.187. The maximum atomic E-state index is 4.22. The second-order valence-corrected chi connectivity index (χ2v) is 5.05. The number of aromatic nitrogens is 4. The van der Waals surface area contributed by atoms with Crippen molar-refractivity contribution in [2.24, 2.45) is 7.05 Å². The van der Waals surface area contributed by atoms with Gasteiger partial charge in [-0.25, -0.2) is 0 Å². The van der Waals surface area contributed by atoms with Crippen LogP contribution in [0.5, 0.6) is 0 Å². The maximum absolute atomic E-state index is 4.22. The molecule has 1 N–H and O–H groups in total. The van der Waals surface area contributed by atoms with Crippen LogP contribution in [0, 0.1) is 6.92 Å². The van der Waals surface area contributed by atoms with E-state index in [4.69, 9.17) is 0 Å². The fraction of sp³-hybridized carbons (Fsp3) is 0.417. The van der Waals surface area contributed by atoms with E-state index < -0.39 is 0 Å². The van der Waals surface area contributed by atoms with Gasteiger partial charge in [-0.3, -0.25) is 0 Å². The number of tetrazole rings is 1. The molecular weight excluding hydrogens is 294 g/mol. The van der Waals surface area contributed by atoms with Gasteiger partial charge in [0, 0.05) is 16.9 Å². The molecule has 0 spiro atoms. The number of rotatable bonds is 4. The summed E-state index contributed by atoms with van der Waals surface area (Å²) in [6.45, 7) is 2.11. The molecule has 6 heteroatoms. The van der Waals surface area contributed by atoms with Crippen LogP contribution in [-0.2, 0) is 13.5 Å². The quantitative estimate of drug-likeness (QED) is 0.935. The molecule has 1 aromatic carbocycles. The average molecular weight is 310 g/mol. The van der Waals surface area contributed by atoms with Crippen LogP contribution >= 0.6 is 15.9 Å². The van der Waals surface area contributed by atoms with Crippen LogP contribution in [0.15, 0.2) is 22.7 Å². The van der Waals surface area contributed by atoms with Crippen LogP contribution in [0.25, 0.3) is 0 Å². The lowest BCUT2D eigenvalue weighted by molar-refractivity contribution is 0.567. The standard InChI is InChI=1S/C12H16BrN5/c1-8-9(5-4-6-10(8)13)11(14-2)7-12-15-17-18(3)16-12/h4-6,11,14H,7H2,1-3H3. The van der Waals surface area contributed by atoms with Gasteiger partial charge in [0.25, 0.3) is 0 Å². The first-order valence-corrected chi connectivity index (χ1v) is 6.56. The summed E-state index contributed by atoms with van der Waals surface area (Å²) in [5.74, 6) is 0.747. The highest BCUT2D eigenvalue weighted by atomic mass is 79.9. The van der Waals surface area contributed by atoms with Crippen LogP contribution in [0.3, 0.4) is 0 Å². The molecule has 0 fully saturated rings. The molecule has 96 valence electrons. The first-order chi connectivity index (χ1) is 8.61. The van der Waals surface area contributed by atoms with E-state index >= 15 is 0 Å². The molecule has 1 aromatic heterocycles. The molecule has 2 aromatic rings. The smallest absolute Gasteiger partial charge is 0.176 e. The molecule has 18 heavy (non-hydrogen) atoms. The summed E-state index contributed by atoms with van der Waals surface area (Å²) in [6, 6.07) is 6.40. The van der Waals surface area contributed by atoms with E-state index in [1.54, 1.807) is 7.05 Å². The van der Waals surface area contributed by atoms with E-state index in [2.05, 4.69) is 49.6 Å². The Morgan fingerprint density at radius 3 is 2.83 bits per heavy atom. The summed E-state index contributed by atoms with van der Waals surface area (Å²) in [4.78, 5) is 1.48. The monoisotopic (exact) mass is 309 g/mol. The molecule has 1 heterocycles. The topological polar surface area (TPSA) is 55.6 Å². The van der Waals surface area contributed by atoms with Gasteiger partial charge in [-0.15, -0.1) is 10.2 Å². The summed E-state index contributed by atoms with van der Waals surface area (Å²) in [5, 5.41) is 15.4. The second-order valence-electron chi connectivity index (χ2n) is 4.19. The van der Waals surface area contributed by atoms with Crippen molar-refractivity contribution in [2.75, 3.05) is 7.05 Å². The van der Waals surface area contributed by atoms with Crippen molar-refractivity contribution in [1.29, 1.82) is 0 Å². The Hall–Kier alpha value is -1.27. The normalized spacial score (nSPS) is 12.7. The van der Waals surface area contributed by atoms with Crippen molar-refractivity contribution >= 4 is 15.9 Å². The van der Waals surface area contributed by atoms with E-state index in [9.17, 15) is 0 Å². The highest BCUT2D eigenvalue weighted by Crippen LogP contribution is 2.25. The van der Waals surface area contributed by atoms with E-state index in [-0.39, 0.29) is 6.04 Å². The van der Waals surface area contributed by atoms with Crippen LogP contribution in [0.1, 0.15) is 23.0 Å². The highest BCUT2D eigenvalue weighted by molar-refractivity contribution is 9.10. The Bertz CT molecular complexity index is 537. The number of hydrogen-bond acceptors (Lipinski definition) is 4. The zero-order chi connectivity index (χ0) is 13.1. The zero-order valence-corrected chi connectivity index (χ0v) is 12.3. The van der Waals surface area contributed by atoms with E-state index in [0.717, 1.165) is 16.7 Å². The van der Waals surface area contributed by atoms with Crippen molar-refractivity contribution in [2.45, 2.75) is 19.4 Å². The van der Waals surface area contributed by atoms with Crippen LogP contribution in [0.2, 0.25) is 0 Å². The molecule has 0 bridgehead atoms. The van der Waals surface area contributed by atoms with Gasteiger partial charge in [-0.2, -0.15) is 4.80 Å². The molecule has 0 radical (unpaired) electrons. The maximum Gasteiger partial charge on any atom is 0.176 e. The number of nitrogens with zero attached hydrogens (tertiary/aromatic N) is 4. The van der Waals surface area contributed by atoms with E-state index in [1.807, 2.05) is 19.2 Å². The Labute approximate surface area is 115 Å². The van der Waals surface area contributed by atoms with Crippen molar-refractivity contribution in [3.63, 3.8) is 0 Å². The first-order valence-electron chi connectivity index (χ1n) is 5.77. The van der Waals surface area contributed by atoms with Crippen molar-refractivity contribution in [3.05, 3.63) is 39.6 Å². The Morgan fingerprint density at radius 2 is 2.22 bits per heavy atom. The number of halogens is 1. The molecule has 0 aliphatic rings. The number of hydrogen-bond donors (Lipinski definition) is 1. The second kappa shape index (κ2) is 5.58. The number of benzene rings is 1. The minimum atomic E-state index is 0.187. The lowest BCUT2D eigenvalue weighted by atomic mass is 9.99. The van der Waals surface area contributed by atoms with Gasteiger partial charge in [0.05, 0.1) is 7.05 Å². The average Bonchev–Trinajstić information content (AvgIpc) is 2.76. The van der Waals surface area contributed by atoms with E-state index in [1.165, 1.54) is 15.9 Å². The summed E-state index contributed by atoms with van der Waals surface area (Å²) >= 11 is 3.56. The third-order valence-corrected chi connectivity index (χ3v) is 3.83. The van der Waals surface area contributed by atoms with Crippen molar-refractivity contribution in [3.8, 4) is 0 Å². The van der Waals surface area contributed by atoms with Gasteiger partial charge >= 0.3 is 0 Å². The molecular formula is C12H16BrN5. The summed E-state index contributed by atoms with van der Waals surface area (Å²) < 4.78 is 1.12. The highest BCUT2D eigenvalue weighted by Gasteiger charge is 2.16. The molecule has 0 aliphatic carbocycles. The van der Waals surface area contributed by atoms with Gasteiger partial charge in [0.15, 0.2) is 5.82 Å². The molecule has 5 nitrogen and oxygen atoms in total. The third kappa shape index (κ3) is 2.76. The Morgan fingerprint density at radius 1 is 1.44 bits per heavy atom. The molecule has 2 rings (SSSR count). The predicted molar refractivity (Wildman–Crippen MR) is 73.2 cm³/mol. The van der Waals surface area contributed by atoms with Crippen molar-refractivity contribution in [1.82, 2.24) is 25.5 Å². The van der Waals surface area contributed by atoms with Gasteiger partial charge < -0.3 is 5.32 Å². The largest absolute Gasteiger partial charge is 0.313 e. The lowest BCUT2D eigenvalue weighted by Gasteiger charge is -2.18. The van der Waals surface area contributed by atoms with Gasteiger partial charge in [0.1, 0.15) is 0 Å². The lowest BCUT2D eigenvalue weighted by Crippen LogP contribution is -2.20. The van der Waals surface area contributed by atoms with Gasteiger partial charge in [-0.05, 0) is 36.4 Å².